The van der Waals surface area contributed by atoms with Gasteiger partial charge in [0.05, 0.1) is 17.5 Å². The van der Waals surface area contributed by atoms with Gasteiger partial charge in [-0.25, -0.2) is 8.42 Å². The van der Waals surface area contributed by atoms with E-state index in [-0.39, 0.29) is 55.9 Å². The average molecular weight is 632 g/mol. The van der Waals surface area contributed by atoms with Gasteiger partial charge in [0.1, 0.15) is 6.04 Å². The molecule has 7 nitrogen and oxygen atoms in total. The van der Waals surface area contributed by atoms with Crippen LogP contribution >= 0.6 is 0 Å². The Morgan fingerprint density at radius 1 is 0.932 bits per heavy atom. The van der Waals surface area contributed by atoms with Crippen molar-refractivity contribution in [3.8, 4) is 0 Å². The third-order valence-corrected chi connectivity index (χ3v) is 8.55. The van der Waals surface area contributed by atoms with Gasteiger partial charge in [0, 0.05) is 32.0 Å². The summed E-state index contributed by atoms with van der Waals surface area (Å²) in [5, 5.41) is 3.00. The second-order valence-electron chi connectivity index (χ2n) is 11.0. The fourth-order valence-electron chi connectivity index (χ4n) is 4.73. The van der Waals surface area contributed by atoms with Gasteiger partial charge in [-0.2, -0.15) is 13.2 Å². The zero-order valence-corrected chi connectivity index (χ0v) is 26.3. The van der Waals surface area contributed by atoms with Crippen molar-refractivity contribution in [1.82, 2.24) is 10.2 Å². The highest BCUT2D eigenvalue weighted by Gasteiger charge is 2.33. The zero-order valence-electron chi connectivity index (χ0n) is 25.5. The normalized spacial score (nSPS) is 13.2. The van der Waals surface area contributed by atoms with Crippen molar-refractivity contribution in [2.24, 2.45) is 0 Å². The van der Waals surface area contributed by atoms with Crippen LogP contribution in [-0.4, -0.2) is 50.0 Å². The van der Waals surface area contributed by atoms with Crippen LogP contribution in [-0.2, 0) is 38.8 Å². The minimum Gasteiger partial charge on any atom is -0.352 e. The molecule has 2 atom stereocenters. The molecule has 11 heteroatoms. The van der Waals surface area contributed by atoms with Crippen LogP contribution in [0, 0.1) is 6.92 Å². The number of sulfonamides is 1. The number of amides is 2. The number of hydrogen-bond donors (Lipinski definition) is 1. The predicted molar refractivity (Wildman–Crippen MR) is 166 cm³/mol. The molecule has 3 rings (SSSR count). The van der Waals surface area contributed by atoms with E-state index in [9.17, 15) is 31.2 Å². The standard InChI is InChI=1S/C33H40F3N3O4S/c1-5-25(3)37-32(41)30(21-26-11-7-6-8-12-26)38(23-27-18-16-24(2)17-19-27)31(40)15-10-20-39(44(4,42)43)29-14-9-13-28(22-29)33(34,35)36/h6-9,11-14,16-19,22,25,30H,5,10,15,20-21,23H2,1-4H3,(H,37,41)/t25-,30+/m1/s1. The molecule has 0 bridgehead atoms. The average Bonchev–Trinajstić information content (AvgIpc) is 2.97. The maximum absolute atomic E-state index is 13.9. The summed E-state index contributed by atoms with van der Waals surface area (Å²) in [6.45, 7) is 5.71. The number of anilines is 1. The van der Waals surface area contributed by atoms with E-state index in [0.29, 0.717) is 6.42 Å². The monoisotopic (exact) mass is 631 g/mol. The smallest absolute Gasteiger partial charge is 0.352 e. The molecule has 0 heterocycles. The maximum atomic E-state index is 13.9. The van der Waals surface area contributed by atoms with Crippen molar-refractivity contribution in [3.05, 3.63) is 101 Å². The maximum Gasteiger partial charge on any atom is 0.416 e. The molecule has 0 saturated carbocycles. The fraction of sp³-hybridized carbons (Fsp3) is 0.394. The molecule has 0 aliphatic carbocycles. The van der Waals surface area contributed by atoms with Crippen LogP contribution in [0.5, 0.6) is 0 Å². The quantitative estimate of drug-likeness (QED) is 0.233. The first kappa shape index (κ1) is 34.6. The highest BCUT2D eigenvalue weighted by molar-refractivity contribution is 7.92. The molecule has 0 fully saturated rings. The van der Waals surface area contributed by atoms with Crippen LogP contribution in [0.2, 0.25) is 0 Å². The van der Waals surface area contributed by atoms with Crippen LogP contribution in [0.4, 0.5) is 18.9 Å². The number of carbonyl (C=O) groups is 2. The minimum absolute atomic E-state index is 0.0254. The third-order valence-electron chi connectivity index (χ3n) is 7.36. The third kappa shape index (κ3) is 10.1. The SMILES string of the molecule is CC[C@@H](C)NC(=O)[C@H](Cc1ccccc1)N(Cc1ccc(C)cc1)C(=O)CCCN(c1cccc(C(F)(F)F)c1)S(C)(=O)=O. The van der Waals surface area contributed by atoms with Gasteiger partial charge >= 0.3 is 6.18 Å². The van der Waals surface area contributed by atoms with Gasteiger partial charge < -0.3 is 10.2 Å². The summed E-state index contributed by atoms with van der Waals surface area (Å²) in [6, 6.07) is 20.1. The number of hydrogen-bond acceptors (Lipinski definition) is 4. The molecule has 44 heavy (non-hydrogen) atoms. The first-order valence-corrected chi connectivity index (χ1v) is 16.4. The largest absolute Gasteiger partial charge is 0.416 e. The zero-order chi connectivity index (χ0) is 32.5. The Balaban J connectivity index is 1.90. The lowest BCUT2D eigenvalue weighted by Gasteiger charge is -2.33. The lowest BCUT2D eigenvalue weighted by Crippen LogP contribution is -2.52. The van der Waals surface area contributed by atoms with Crippen LogP contribution in [0.15, 0.2) is 78.9 Å². The van der Waals surface area contributed by atoms with Gasteiger partial charge in [0.25, 0.3) is 0 Å². The summed E-state index contributed by atoms with van der Waals surface area (Å²) in [6.07, 6.45) is -2.87. The molecule has 0 spiro atoms. The van der Waals surface area contributed by atoms with E-state index in [4.69, 9.17) is 0 Å². The van der Waals surface area contributed by atoms with Crippen LogP contribution in [0.25, 0.3) is 0 Å². The molecule has 0 radical (unpaired) electrons. The van der Waals surface area contributed by atoms with Gasteiger partial charge in [0.2, 0.25) is 21.8 Å². The van der Waals surface area contributed by atoms with Gasteiger partial charge in [-0.3, -0.25) is 13.9 Å². The Kier molecular flexibility index (Phi) is 12.0. The molecule has 1 N–H and O–H groups in total. The lowest BCUT2D eigenvalue weighted by atomic mass is 10.0. The van der Waals surface area contributed by atoms with E-state index in [0.717, 1.165) is 45.5 Å². The molecule has 3 aromatic carbocycles. The van der Waals surface area contributed by atoms with Gasteiger partial charge in [-0.15, -0.1) is 0 Å². The fourth-order valence-corrected chi connectivity index (χ4v) is 5.68. The summed E-state index contributed by atoms with van der Waals surface area (Å²) >= 11 is 0. The van der Waals surface area contributed by atoms with Crippen molar-refractivity contribution in [2.45, 2.75) is 71.3 Å². The van der Waals surface area contributed by atoms with Gasteiger partial charge in [-0.1, -0.05) is 73.2 Å². The molecule has 238 valence electrons. The molecule has 0 saturated heterocycles. The minimum atomic E-state index is -4.64. The molecule has 0 aromatic heterocycles. The lowest BCUT2D eigenvalue weighted by molar-refractivity contribution is -0.141. The second kappa shape index (κ2) is 15.2. The first-order valence-electron chi connectivity index (χ1n) is 14.5. The Morgan fingerprint density at radius 2 is 1.59 bits per heavy atom. The number of alkyl halides is 3. The molecule has 3 aromatic rings. The Labute approximate surface area is 258 Å². The van der Waals surface area contributed by atoms with Crippen molar-refractivity contribution in [1.29, 1.82) is 0 Å². The highest BCUT2D eigenvalue weighted by atomic mass is 32.2. The molecule has 0 aliphatic heterocycles. The van der Waals surface area contributed by atoms with E-state index in [1.54, 1.807) is 0 Å². The number of aryl methyl sites for hydroxylation is 1. The summed E-state index contributed by atoms with van der Waals surface area (Å²) < 4.78 is 66.0. The van der Waals surface area contributed by atoms with Crippen molar-refractivity contribution in [2.75, 3.05) is 17.1 Å². The summed E-state index contributed by atoms with van der Waals surface area (Å²) in [5.41, 5.74) is 1.62. The predicted octanol–water partition coefficient (Wildman–Crippen LogP) is 6.11. The second-order valence-corrected chi connectivity index (χ2v) is 12.9. The molecular weight excluding hydrogens is 591 g/mol. The molecule has 0 aliphatic rings. The van der Waals surface area contributed by atoms with Crippen molar-refractivity contribution >= 4 is 27.5 Å². The summed E-state index contributed by atoms with van der Waals surface area (Å²) in [5.74, 6) is -0.673. The van der Waals surface area contributed by atoms with Crippen molar-refractivity contribution in [3.63, 3.8) is 0 Å². The summed E-state index contributed by atoms with van der Waals surface area (Å²) in [4.78, 5) is 29.0. The van der Waals surface area contributed by atoms with Gasteiger partial charge in [-0.05, 0) is 56.0 Å². The van der Waals surface area contributed by atoms with Crippen LogP contribution in [0.3, 0.4) is 0 Å². The highest BCUT2D eigenvalue weighted by Crippen LogP contribution is 2.32. The van der Waals surface area contributed by atoms with E-state index in [2.05, 4.69) is 5.32 Å². The topological polar surface area (TPSA) is 86.8 Å². The number of nitrogens with zero attached hydrogens (tertiary/aromatic N) is 2. The number of benzene rings is 3. The molecule has 2 amide bonds. The van der Waals surface area contributed by atoms with Crippen LogP contribution < -0.4 is 9.62 Å². The van der Waals surface area contributed by atoms with Gasteiger partial charge in [0.15, 0.2) is 0 Å². The van der Waals surface area contributed by atoms with E-state index in [1.807, 2.05) is 75.4 Å². The first-order chi connectivity index (χ1) is 20.7. The Morgan fingerprint density at radius 3 is 2.18 bits per heavy atom. The number of carbonyl (C=O) groups excluding carboxylic acids is 2. The van der Waals surface area contributed by atoms with Crippen LogP contribution in [0.1, 0.15) is 55.4 Å². The van der Waals surface area contributed by atoms with E-state index in [1.165, 1.54) is 11.0 Å². The molecular formula is C33H40F3N3O4S. The Hall–Kier alpha value is -3.86. The number of halogens is 3. The number of nitrogens with one attached hydrogen (secondary N) is 1. The number of rotatable bonds is 14. The molecule has 0 unspecified atom stereocenters. The Bertz CT molecular complexity index is 1500. The summed E-state index contributed by atoms with van der Waals surface area (Å²) in [7, 11) is -3.96. The van der Waals surface area contributed by atoms with E-state index >= 15 is 0 Å². The van der Waals surface area contributed by atoms with Crippen molar-refractivity contribution < 1.29 is 31.2 Å². The van der Waals surface area contributed by atoms with E-state index < -0.39 is 27.8 Å².